The fourth-order valence-corrected chi connectivity index (χ4v) is 4.27. The molecule has 3 heterocycles. The third-order valence-electron chi connectivity index (χ3n) is 5.72. The van der Waals surface area contributed by atoms with Crippen LogP contribution in [0.1, 0.15) is 49.1 Å². The maximum absolute atomic E-state index is 13.1. The lowest BCUT2D eigenvalue weighted by Crippen LogP contribution is -2.58. The molecule has 7 nitrogen and oxygen atoms in total. The molecule has 2 fully saturated rings. The minimum atomic E-state index is -0.644. The van der Waals surface area contributed by atoms with Gasteiger partial charge in [-0.2, -0.15) is 0 Å². The van der Waals surface area contributed by atoms with Crippen LogP contribution < -0.4 is 5.32 Å². The summed E-state index contributed by atoms with van der Waals surface area (Å²) < 4.78 is 1.97. The highest BCUT2D eigenvalue weighted by Crippen LogP contribution is 2.27. The van der Waals surface area contributed by atoms with Crippen LogP contribution in [-0.2, 0) is 9.59 Å². The molecule has 2 aliphatic rings. The van der Waals surface area contributed by atoms with Gasteiger partial charge in [0.15, 0.2) is 0 Å². The number of carbonyl (C=O) groups is 3. The number of nitrogens with zero attached hydrogens (tertiary/aromatic N) is 3. The van der Waals surface area contributed by atoms with Gasteiger partial charge in [0.1, 0.15) is 11.4 Å². The predicted octanol–water partition coefficient (Wildman–Crippen LogP) is 3.28. The first-order valence-corrected chi connectivity index (χ1v) is 9.98. The monoisotopic (exact) mass is 392 g/mol. The van der Waals surface area contributed by atoms with Crippen molar-refractivity contribution < 1.29 is 14.4 Å². The summed E-state index contributed by atoms with van der Waals surface area (Å²) in [6.45, 7) is 3.87. The lowest BCUT2D eigenvalue weighted by molar-refractivity contribution is -0.132. The van der Waals surface area contributed by atoms with E-state index in [-0.39, 0.29) is 11.6 Å². The molecule has 1 aliphatic heterocycles. The minimum Gasteiger partial charge on any atom is -0.303 e. The van der Waals surface area contributed by atoms with Crippen LogP contribution in [0, 0.1) is 13.8 Å². The summed E-state index contributed by atoms with van der Waals surface area (Å²) in [4.78, 5) is 43.5. The zero-order valence-corrected chi connectivity index (χ0v) is 16.6. The third-order valence-corrected chi connectivity index (χ3v) is 5.72. The lowest BCUT2D eigenvalue weighted by atomic mass is 9.93. The van der Waals surface area contributed by atoms with Gasteiger partial charge in [0, 0.05) is 23.6 Å². The van der Waals surface area contributed by atoms with Gasteiger partial charge in [0.05, 0.1) is 0 Å². The van der Waals surface area contributed by atoms with E-state index >= 15 is 0 Å². The molecule has 4 rings (SSSR count). The molecule has 1 saturated heterocycles. The molecule has 0 unspecified atom stereocenters. The van der Waals surface area contributed by atoms with Crippen molar-refractivity contribution in [2.75, 3.05) is 0 Å². The Morgan fingerprint density at radius 1 is 1.10 bits per heavy atom. The van der Waals surface area contributed by atoms with Gasteiger partial charge in [-0.1, -0.05) is 25.3 Å². The van der Waals surface area contributed by atoms with Crippen LogP contribution in [0.15, 0.2) is 36.0 Å². The molecule has 0 bridgehead atoms. The highest BCUT2D eigenvalue weighted by molar-refractivity contribution is 6.31. The first kappa shape index (κ1) is 19.1. The molecule has 2 aromatic heterocycles. The van der Waals surface area contributed by atoms with Gasteiger partial charge >= 0.3 is 6.03 Å². The van der Waals surface area contributed by atoms with E-state index in [2.05, 4.69) is 10.3 Å². The van der Waals surface area contributed by atoms with Crippen molar-refractivity contribution in [2.24, 2.45) is 0 Å². The van der Waals surface area contributed by atoms with E-state index in [1.54, 1.807) is 12.3 Å². The number of rotatable bonds is 3. The summed E-state index contributed by atoms with van der Waals surface area (Å²) >= 11 is 0. The normalized spacial score (nSPS) is 19.7. The van der Waals surface area contributed by atoms with E-state index in [1.165, 1.54) is 4.90 Å². The summed E-state index contributed by atoms with van der Waals surface area (Å²) in [5, 5.41) is 2.34. The molecule has 150 valence electrons. The van der Waals surface area contributed by atoms with Crippen molar-refractivity contribution in [3.63, 3.8) is 0 Å². The van der Waals surface area contributed by atoms with Gasteiger partial charge in [-0.15, -0.1) is 0 Å². The number of pyridine rings is 1. The summed E-state index contributed by atoms with van der Waals surface area (Å²) in [7, 11) is 0. The number of barbiturate groups is 1. The van der Waals surface area contributed by atoms with Crippen molar-refractivity contribution in [3.05, 3.63) is 53.0 Å². The smallest absolute Gasteiger partial charge is 0.303 e. The Hall–Kier alpha value is -3.22. The zero-order valence-electron chi connectivity index (χ0n) is 16.6. The number of carbonyl (C=O) groups excluding carboxylic acids is 3. The molecule has 1 aliphatic carbocycles. The van der Waals surface area contributed by atoms with Crippen LogP contribution in [-0.4, -0.2) is 38.3 Å². The van der Waals surface area contributed by atoms with Gasteiger partial charge in [0.2, 0.25) is 0 Å². The Bertz CT molecular complexity index is 1000. The zero-order chi connectivity index (χ0) is 20.5. The van der Waals surface area contributed by atoms with Crippen LogP contribution in [0.5, 0.6) is 0 Å². The van der Waals surface area contributed by atoms with Crippen molar-refractivity contribution in [1.82, 2.24) is 19.8 Å². The summed E-state index contributed by atoms with van der Waals surface area (Å²) in [6.07, 6.45) is 7.96. The van der Waals surface area contributed by atoms with Gasteiger partial charge in [0.25, 0.3) is 11.8 Å². The number of amides is 4. The molecular formula is C22H24N4O3. The van der Waals surface area contributed by atoms with Gasteiger partial charge < -0.3 is 4.57 Å². The average Bonchev–Trinajstić information content (AvgIpc) is 2.99. The third kappa shape index (κ3) is 3.48. The molecule has 0 spiro atoms. The first-order valence-electron chi connectivity index (χ1n) is 9.98. The molecule has 7 heteroatoms. The number of imide groups is 2. The SMILES string of the molecule is Cc1cc(C=C2C(=O)NC(=O)N(C3CCCCC3)C2=O)c(C)n1-c1ccccn1. The molecule has 4 amide bonds. The Morgan fingerprint density at radius 2 is 1.86 bits per heavy atom. The predicted molar refractivity (Wildman–Crippen MR) is 108 cm³/mol. The van der Waals surface area contributed by atoms with Crippen LogP contribution >= 0.6 is 0 Å². The number of nitrogens with one attached hydrogen (secondary N) is 1. The second-order valence-electron chi connectivity index (χ2n) is 7.63. The molecule has 0 radical (unpaired) electrons. The topological polar surface area (TPSA) is 84.3 Å². The number of hydrogen-bond donors (Lipinski definition) is 1. The van der Waals surface area contributed by atoms with Crippen molar-refractivity contribution in [3.8, 4) is 5.82 Å². The Kier molecular flexibility index (Phi) is 5.05. The van der Waals surface area contributed by atoms with Crippen molar-refractivity contribution in [1.29, 1.82) is 0 Å². The maximum Gasteiger partial charge on any atom is 0.331 e. The summed E-state index contributed by atoms with van der Waals surface area (Å²) in [6, 6.07) is 6.82. The Balaban J connectivity index is 1.71. The quantitative estimate of drug-likeness (QED) is 0.642. The minimum absolute atomic E-state index is 0.00329. The first-order chi connectivity index (χ1) is 14.0. The number of aromatic nitrogens is 2. The van der Waals surface area contributed by atoms with Gasteiger partial charge in [-0.25, -0.2) is 9.78 Å². The van der Waals surface area contributed by atoms with Gasteiger partial charge in [-0.3, -0.25) is 19.8 Å². The Labute approximate surface area is 169 Å². The maximum atomic E-state index is 13.1. The average molecular weight is 392 g/mol. The van der Waals surface area contributed by atoms with E-state index in [4.69, 9.17) is 0 Å². The molecule has 2 aromatic rings. The summed E-state index contributed by atoms with van der Waals surface area (Å²) in [5.74, 6) is -0.381. The van der Waals surface area contributed by atoms with E-state index in [0.29, 0.717) is 0 Å². The number of urea groups is 1. The largest absolute Gasteiger partial charge is 0.331 e. The molecule has 1 N–H and O–H groups in total. The molecular weight excluding hydrogens is 368 g/mol. The highest BCUT2D eigenvalue weighted by Gasteiger charge is 2.40. The fraction of sp³-hybridized carbons (Fsp3) is 0.364. The van der Waals surface area contributed by atoms with Crippen molar-refractivity contribution in [2.45, 2.75) is 52.0 Å². The molecule has 1 saturated carbocycles. The lowest BCUT2D eigenvalue weighted by Gasteiger charge is -2.35. The fourth-order valence-electron chi connectivity index (χ4n) is 4.27. The van der Waals surface area contributed by atoms with Crippen LogP contribution in [0.4, 0.5) is 4.79 Å². The number of hydrogen-bond acceptors (Lipinski definition) is 4. The molecule has 0 aromatic carbocycles. The number of aryl methyl sites for hydroxylation is 1. The van der Waals surface area contributed by atoms with Crippen LogP contribution in [0.3, 0.4) is 0 Å². The van der Waals surface area contributed by atoms with Crippen LogP contribution in [0.2, 0.25) is 0 Å². The second-order valence-corrected chi connectivity index (χ2v) is 7.63. The van der Waals surface area contributed by atoms with E-state index < -0.39 is 17.8 Å². The van der Waals surface area contributed by atoms with E-state index in [1.807, 2.05) is 42.7 Å². The molecule has 0 atom stereocenters. The van der Waals surface area contributed by atoms with Gasteiger partial charge in [-0.05, 0) is 56.5 Å². The van der Waals surface area contributed by atoms with E-state index in [0.717, 1.165) is 54.9 Å². The van der Waals surface area contributed by atoms with Crippen LogP contribution in [0.25, 0.3) is 11.9 Å². The Morgan fingerprint density at radius 3 is 2.55 bits per heavy atom. The van der Waals surface area contributed by atoms with E-state index in [9.17, 15) is 14.4 Å². The summed E-state index contributed by atoms with van der Waals surface area (Å²) in [5.41, 5.74) is 2.56. The standard InChI is InChI=1S/C22H24N4O3/c1-14-12-16(15(2)25(14)19-10-6-7-11-23-19)13-18-20(27)24-22(29)26(21(18)28)17-8-4-3-5-9-17/h6-7,10-13,17H,3-5,8-9H2,1-2H3,(H,24,27,29). The second kappa shape index (κ2) is 7.66. The highest BCUT2D eigenvalue weighted by atomic mass is 16.2. The molecule has 29 heavy (non-hydrogen) atoms. The van der Waals surface area contributed by atoms with Crippen molar-refractivity contribution >= 4 is 23.9 Å².